The zero-order valence-electron chi connectivity index (χ0n) is 9.90. The van der Waals surface area contributed by atoms with Gasteiger partial charge in [-0.1, -0.05) is 12.1 Å². The van der Waals surface area contributed by atoms with E-state index in [9.17, 15) is 14.4 Å². The Hall–Kier alpha value is -2.67. The number of benzene rings is 1. The molecule has 2 aromatic rings. The first-order valence-corrected chi connectivity index (χ1v) is 5.52. The standard InChI is InChI=1S/C12H12N4O3/c13-5-7-2-1-3-8(4-7)15-10(17)9-6-14-12(19)16-11(9)18/h1-4,6H,5,13H2,(H,15,17)(H2,14,16,18,19). The van der Waals surface area contributed by atoms with Crippen LogP contribution < -0.4 is 22.3 Å². The number of amides is 1. The molecule has 0 aliphatic carbocycles. The van der Waals surface area contributed by atoms with Crippen LogP contribution >= 0.6 is 0 Å². The van der Waals surface area contributed by atoms with Crippen LogP contribution in [-0.4, -0.2) is 15.9 Å². The zero-order chi connectivity index (χ0) is 13.8. The van der Waals surface area contributed by atoms with Crippen molar-refractivity contribution in [2.45, 2.75) is 6.54 Å². The number of rotatable bonds is 3. The number of aromatic amines is 2. The highest BCUT2D eigenvalue weighted by Crippen LogP contribution is 2.10. The van der Waals surface area contributed by atoms with Gasteiger partial charge >= 0.3 is 5.69 Å². The van der Waals surface area contributed by atoms with Crippen molar-refractivity contribution in [2.75, 3.05) is 5.32 Å². The number of aromatic nitrogens is 2. The average Bonchev–Trinajstić information content (AvgIpc) is 2.38. The van der Waals surface area contributed by atoms with Crippen molar-refractivity contribution in [3.05, 3.63) is 62.4 Å². The number of nitrogens with two attached hydrogens (primary N) is 1. The van der Waals surface area contributed by atoms with E-state index in [1.807, 2.05) is 11.1 Å². The van der Waals surface area contributed by atoms with Crippen LogP contribution in [-0.2, 0) is 6.54 Å². The summed E-state index contributed by atoms with van der Waals surface area (Å²) in [7, 11) is 0. The Bertz CT molecular complexity index is 717. The van der Waals surface area contributed by atoms with Crippen molar-refractivity contribution < 1.29 is 4.79 Å². The van der Waals surface area contributed by atoms with Gasteiger partial charge in [0.15, 0.2) is 0 Å². The summed E-state index contributed by atoms with van der Waals surface area (Å²) in [6.07, 6.45) is 1.07. The van der Waals surface area contributed by atoms with Crippen LogP contribution in [0, 0.1) is 0 Å². The molecule has 7 nitrogen and oxygen atoms in total. The molecule has 5 N–H and O–H groups in total. The maximum absolute atomic E-state index is 11.9. The third-order valence-electron chi connectivity index (χ3n) is 2.48. The molecule has 0 aliphatic heterocycles. The van der Waals surface area contributed by atoms with E-state index in [2.05, 4.69) is 10.3 Å². The maximum atomic E-state index is 11.9. The minimum absolute atomic E-state index is 0.169. The second kappa shape index (κ2) is 5.32. The lowest BCUT2D eigenvalue weighted by Gasteiger charge is -2.05. The molecule has 1 aromatic heterocycles. The summed E-state index contributed by atoms with van der Waals surface area (Å²) in [6.45, 7) is 0.350. The molecule has 0 saturated carbocycles. The number of carbonyl (C=O) groups is 1. The van der Waals surface area contributed by atoms with Crippen molar-refractivity contribution in [1.82, 2.24) is 9.97 Å². The van der Waals surface area contributed by atoms with Crippen LogP contribution in [0.1, 0.15) is 15.9 Å². The number of H-pyrrole nitrogens is 2. The van der Waals surface area contributed by atoms with Gasteiger partial charge in [-0.3, -0.25) is 14.6 Å². The van der Waals surface area contributed by atoms with Crippen molar-refractivity contribution in [3.8, 4) is 0 Å². The summed E-state index contributed by atoms with van der Waals surface area (Å²) < 4.78 is 0. The quantitative estimate of drug-likeness (QED) is 0.609. The first kappa shape index (κ1) is 12.8. The Morgan fingerprint density at radius 3 is 2.79 bits per heavy atom. The largest absolute Gasteiger partial charge is 0.326 e. The van der Waals surface area contributed by atoms with Gasteiger partial charge in [-0.25, -0.2) is 4.79 Å². The van der Waals surface area contributed by atoms with Crippen molar-refractivity contribution in [3.63, 3.8) is 0 Å². The monoisotopic (exact) mass is 260 g/mol. The van der Waals surface area contributed by atoms with Crippen molar-refractivity contribution in [2.24, 2.45) is 5.73 Å². The van der Waals surface area contributed by atoms with Gasteiger partial charge in [-0.05, 0) is 17.7 Å². The molecule has 0 fully saturated rings. The summed E-state index contributed by atoms with van der Waals surface area (Å²) in [6, 6.07) is 6.95. The van der Waals surface area contributed by atoms with Gasteiger partial charge in [0.1, 0.15) is 5.56 Å². The number of nitrogens with one attached hydrogen (secondary N) is 3. The number of carbonyl (C=O) groups excluding carboxylic acids is 1. The second-order valence-corrected chi connectivity index (χ2v) is 3.84. The Morgan fingerprint density at radius 1 is 1.32 bits per heavy atom. The van der Waals surface area contributed by atoms with E-state index < -0.39 is 17.2 Å². The molecule has 1 aromatic carbocycles. The van der Waals surface area contributed by atoms with Gasteiger partial charge in [0.25, 0.3) is 11.5 Å². The Balaban J connectivity index is 2.25. The van der Waals surface area contributed by atoms with Gasteiger partial charge in [-0.2, -0.15) is 0 Å². The molecular formula is C12H12N4O3. The molecule has 98 valence electrons. The summed E-state index contributed by atoms with van der Waals surface area (Å²) in [5, 5.41) is 2.56. The van der Waals surface area contributed by atoms with E-state index in [0.717, 1.165) is 11.8 Å². The molecule has 0 atom stereocenters. The molecule has 0 unspecified atom stereocenters. The zero-order valence-corrected chi connectivity index (χ0v) is 9.90. The first-order valence-electron chi connectivity index (χ1n) is 5.52. The molecule has 0 aliphatic rings. The topological polar surface area (TPSA) is 121 Å². The molecular weight excluding hydrogens is 248 g/mol. The third-order valence-corrected chi connectivity index (χ3v) is 2.48. The third kappa shape index (κ3) is 2.96. The van der Waals surface area contributed by atoms with Crippen molar-refractivity contribution >= 4 is 11.6 Å². The smallest absolute Gasteiger partial charge is 0.325 e. The molecule has 0 bridgehead atoms. The van der Waals surface area contributed by atoms with E-state index in [1.54, 1.807) is 18.2 Å². The first-order chi connectivity index (χ1) is 9.10. The lowest BCUT2D eigenvalue weighted by Crippen LogP contribution is -2.29. The molecule has 0 spiro atoms. The van der Waals surface area contributed by atoms with Gasteiger partial charge in [0.05, 0.1) is 0 Å². The summed E-state index contributed by atoms with van der Waals surface area (Å²) in [5.41, 5.74) is 5.31. The summed E-state index contributed by atoms with van der Waals surface area (Å²) in [4.78, 5) is 38.4. The van der Waals surface area contributed by atoms with E-state index in [1.165, 1.54) is 0 Å². The van der Waals surface area contributed by atoms with Gasteiger partial charge in [0, 0.05) is 18.4 Å². The van der Waals surface area contributed by atoms with Gasteiger partial charge in [-0.15, -0.1) is 0 Å². The summed E-state index contributed by atoms with van der Waals surface area (Å²) in [5.74, 6) is -0.605. The normalized spacial score (nSPS) is 10.2. The fourth-order valence-corrected chi connectivity index (χ4v) is 1.55. The SMILES string of the molecule is NCc1cccc(NC(=O)c2c[nH]c(=O)[nH]c2=O)c1. The molecule has 0 saturated heterocycles. The molecule has 0 radical (unpaired) electrons. The predicted octanol–water partition coefficient (Wildman–Crippen LogP) is -0.226. The highest BCUT2D eigenvalue weighted by Gasteiger charge is 2.11. The Kier molecular flexibility index (Phi) is 3.58. The Morgan fingerprint density at radius 2 is 2.11 bits per heavy atom. The van der Waals surface area contributed by atoms with Crippen molar-refractivity contribution in [1.29, 1.82) is 0 Å². The minimum atomic E-state index is -0.740. The van der Waals surface area contributed by atoms with Gasteiger partial charge < -0.3 is 16.0 Å². The van der Waals surface area contributed by atoms with E-state index in [4.69, 9.17) is 5.73 Å². The van der Waals surface area contributed by atoms with E-state index in [0.29, 0.717) is 12.2 Å². The second-order valence-electron chi connectivity index (χ2n) is 3.84. The highest BCUT2D eigenvalue weighted by atomic mass is 16.2. The lowest BCUT2D eigenvalue weighted by molar-refractivity contribution is 0.102. The predicted molar refractivity (Wildman–Crippen MR) is 70.0 cm³/mol. The van der Waals surface area contributed by atoms with Crippen LogP contribution in [0.2, 0.25) is 0 Å². The number of anilines is 1. The molecule has 1 amide bonds. The summed E-state index contributed by atoms with van der Waals surface area (Å²) >= 11 is 0. The fraction of sp³-hybridized carbons (Fsp3) is 0.0833. The van der Waals surface area contributed by atoms with Crippen LogP contribution in [0.15, 0.2) is 40.1 Å². The van der Waals surface area contributed by atoms with Crippen LogP contribution in [0.5, 0.6) is 0 Å². The number of hydrogen-bond acceptors (Lipinski definition) is 4. The maximum Gasteiger partial charge on any atom is 0.325 e. The van der Waals surface area contributed by atoms with Gasteiger partial charge in [0.2, 0.25) is 0 Å². The van der Waals surface area contributed by atoms with Crippen LogP contribution in [0.25, 0.3) is 0 Å². The van der Waals surface area contributed by atoms with Crippen LogP contribution in [0.4, 0.5) is 5.69 Å². The fourth-order valence-electron chi connectivity index (χ4n) is 1.55. The van der Waals surface area contributed by atoms with E-state index in [-0.39, 0.29) is 5.56 Å². The van der Waals surface area contributed by atoms with E-state index >= 15 is 0 Å². The average molecular weight is 260 g/mol. The molecule has 19 heavy (non-hydrogen) atoms. The lowest BCUT2D eigenvalue weighted by atomic mass is 10.2. The highest BCUT2D eigenvalue weighted by molar-refractivity contribution is 6.03. The van der Waals surface area contributed by atoms with Crippen LogP contribution in [0.3, 0.4) is 0 Å². The minimum Gasteiger partial charge on any atom is -0.326 e. The molecule has 7 heteroatoms. The molecule has 2 rings (SSSR count). The number of hydrogen-bond donors (Lipinski definition) is 4. The molecule has 1 heterocycles. The Labute approximate surface area is 107 Å².